The average Bonchev–Trinajstić information content (AvgIpc) is 3.55. The van der Waals surface area contributed by atoms with Crippen molar-refractivity contribution in [3.63, 3.8) is 0 Å². The molecule has 3 amide bonds. The number of para-hydroxylation sites is 1. The number of fused-ring (bicyclic) bond motifs is 1. The van der Waals surface area contributed by atoms with Gasteiger partial charge >= 0.3 is 0 Å². The highest BCUT2D eigenvalue weighted by Gasteiger charge is 2.77. The summed E-state index contributed by atoms with van der Waals surface area (Å²) in [5.74, 6) is -2.68. The van der Waals surface area contributed by atoms with E-state index >= 15 is 0 Å². The summed E-state index contributed by atoms with van der Waals surface area (Å²) in [6.07, 6.45) is 3.03. The number of benzene rings is 2. The summed E-state index contributed by atoms with van der Waals surface area (Å²) in [4.78, 5) is 47.4. The lowest BCUT2D eigenvalue weighted by atomic mass is 9.70. The van der Waals surface area contributed by atoms with E-state index in [1.54, 1.807) is 29.2 Å². The van der Waals surface area contributed by atoms with Crippen LogP contribution in [0, 0.1) is 18.8 Å². The number of carbonyl (C=O) groups is 3. The summed E-state index contributed by atoms with van der Waals surface area (Å²) in [6, 6.07) is 13.9. The van der Waals surface area contributed by atoms with Crippen LogP contribution < -0.4 is 4.90 Å². The van der Waals surface area contributed by atoms with Crippen molar-refractivity contribution in [2.75, 3.05) is 31.1 Å². The molecule has 222 valence electrons. The number of aliphatic hydroxyl groups excluding tert-OH is 1. The van der Waals surface area contributed by atoms with Crippen LogP contribution in [0.25, 0.3) is 0 Å². The molecule has 10 heteroatoms. The van der Waals surface area contributed by atoms with Gasteiger partial charge in [0.05, 0.1) is 35.3 Å². The van der Waals surface area contributed by atoms with Crippen molar-refractivity contribution in [1.29, 1.82) is 0 Å². The van der Waals surface area contributed by atoms with Crippen LogP contribution >= 0.6 is 27.5 Å². The summed E-state index contributed by atoms with van der Waals surface area (Å²) >= 11 is 10.3. The summed E-state index contributed by atoms with van der Waals surface area (Å²) < 4.78 is 6.64. The SMILES string of the molecule is C=CCN(Cc1ccccc1)C(=O)[C@H]1[C@@H]2OC3(CC2Br)C(C(=O)N(CC=C)c2c(C)cccc2Cl)N(CCO)C(=O)[C@H]13. The van der Waals surface area contributed by atoms with Gasteiger partial charge in [0.25, 0.3) is 5.91 Å². The minimum atomic E-state index is -1.26. The predicted molar refractivity (Wildman–Crippen MR) is 165 cm³/mol. The number of ether oxygens (including phenoxy) is 1. The van der Waals surface area contributed by atoms with Crippen LogP contribution in [-0.2, 0) is 25.7 Å². The third-order valence-electron chi connectivity index (χ3n) is 8.56. The van der Waals surface area contributed by atoms with Crippen LogP contribution in [0.3, 0.4) is 0 Å². The van der Waals surface area contributed by atoms with E-state index in [0.717, 1.165) is 11.1 Å². The molecule has 0 aromatic heterocycles. The second-order valence-electron chi connectivity index (χ2n) is 11.1. The van der Waals surface area contributed by atoms with Gasteiger partial charge in [-0.15, -0.1) is 13.2 Å². The van der Waals surface area contributed by atoms with Crippen LogP contribution in [0.2, 0.25) is 5.02 Å². The largest absolute Gasteiger partial charge is 0.395 e. The molecule has 3 fully saturated rings. The first-order chi connectivity index (χ1) is 20.2. The Kier molecular flexibility index (Phi) is 8.94. The van der Waals surface area contributed by atoms with E-state index < -0.39 is 35.5 Å². The normalized spacial score (nSPS) is 27.6. The van der Waals surface area contributed by atoms with Crippen molar-refractivity contribution in [3.05, 3.63) is 90.0 Å². The Morgan fingerprint density at radius 1 is 1.14 bits per heavy atom. The van der Waals surface area contributed by atoms with Gasteiger partial charge in [-0.05, 0) is 30.5 Å². The molecule has 0 saturated carbocycles. The summed E-state index contributed by atoms with van der Waals surface area (Å²) in [5, 5.41) is 10.4. The highest BCUT2D eigenvalue weighted by molar-refractivity contribution is 9.09. The van der Waals surface area contributed by atoms with Gasteiger partial charge in [0.15, 0.2) is 0 Å². The Morgan fingerprint density at radius 3 is 2.50 bits per heavy atom. The fourth-order valence-corrected chi connectivity index (χ4v) is 8.24. The molecule has 3 saturated heterocycles. The fourth-order valence-electron chi connectivity index (χ4n) is 6.98. The topological polar surface area (TPSA) is 90.4 Å². The number of hydrogen-bond donors (Lipinski definition) is 1. The molecular formula is C32H35BrClN3O5. The zero-order valence-corrected chi connectivity index (χ0v) is 25.8. The zero-order chi connectivity index (χ0) is 30.2. The minimum Gasteiger partial charge on any atom is -0.395 e. The number of halogens is 2. The van der Waals surface area contributed by atoms with Gasteiger partial charge in [0, 0.05) is 31.0 Å². The lowest BCUT2D eigenvalue weighted by Gasteiger charge is -2.37. The lowest BCUT2D eigenvalue weighted by Crippen LogP contribution is -2.57. The van der Waals surface area contributed by atoms with Crippen LogP contribution in [0.15, 0.2) is 73.8 Å². The van der Waals surface area contributed by atoms with Crippen LogP contribution in [-0.4, -0.2) is 81.4 Å². The van der Waals surface area contributed by atoms with E-state index in [1.165, 1.54) is 9.80 Å². The summed E-state index contributed by atoms with van der Waals surface area (Å²) in [7, 11) is 0. The van der Waals surface area contributed by atoms with Gasteiger partial charge in [-0.1, -0.05) is 82.1 Å². The molecule has 8 nitrogen and oxygen atoms in total. The van der Waals surface area contributed by atoms with Crippen LogP contribution in [0.1, 0.15) is 17.5 Å². The number of aliphatic hydroxyl groups is 1. The molecule has 3 unspecified atom stereocenters. The standard InChI is InChI=1S/C32H35BrClN3O5/c1-4-14-35(19-21-11-7-6-8-12-21)29(39)24-25-30(40)37(16-17-38)28(32(25)18-22(33)27(24)42-32)31(41)36(15-5-2)26-20(3)10-9-13-23(26)34/h4-13,22,24-25,27-28,38H,1-2,14-19H2,3H3/t22?,24-,25+,27-,28?,32?/m1/s1. The molecule has 1 spiro atoms. The Bertz CT molecular complexity index is 1370. The summed E-state index contributed by atoms with van der Waals surface area (Å²) in [6.45, 7) is 9.91. The molecule has 3 aliphatic rings. The van der Waals surface area contributed by atoms with Crippen molar-refractivity contribution in [2.24, 2.45) is 11.8 Å². The molecule has 3 aliphatic heterocycles. The second kappa shape index (κ2) is 12.3. The van der Waals surface area contributed by atoms with E-state index in [2.05, 4.69) is 29.1 Å². The molecule has 42 heavy (non-hydrogen) atoms. The van der Waals surface area contributed by atoms with Crippen molar-refractivity contribution in [1.82, 2.24) is 9.80 Å². The highest BCUT2D eigenvalue weighted by Crippen LogP contribution is 2.60. The zero-order valence-electron chi connectivity index (χ0n) is 23.5. The maximum absolute atomic E-state index is 14.6. The third-order valence-corrected chi connectivity index (χ3v) is 9.71. The van der Waals surface area contributed by atoms with E-state index in [4.69, 9.17) is 16.3 Å². The molecule has 1 N–H and O–H groups in total. The molecule has 5 rings (SSSR count). The number of rotatable bonds is 11. The van der Waals surface area contributed by atoms with Crippen molar-refractivity contribution >= 4 is 50.9 Å². The maximum Gasteiger partial charge on any atom is 0.253 e. The van der Waals surface area contributed by atoms with Crippen LogP contribution in [0.4, 0.5) is 5.69 Å². The number of aryl methyl sites for hydroxylation is 1. The quantitative estimate of drug-likeness (QED) is 0.291. The van der Waals surface area contributed by atoms with Gasteiger partial charge in [0.1, 0.15) is 11.6 Å². The average molecular weight is 657 g/mol. The third kappa shape index (κ3) is 5.00. The molecule has 2 bridgehead atoms. The Morgan fingerprint density at radius 2 is 1.86 bits per heavy atom. The number of anilines is 1. The minimum absolute atomic E-state index is 0.0702. The van der Waals surface area contributed by atoms with Crippen LogP contribution in [0.5, 0.6) is 0 Å². The predicted octanol–water partition coefficient (Wildman–Crippen LogP) is 4.12. The smallest absolute Gasteiger partial charge is 0.253 e. The molecule has 2 aromatic carbocycles. The number of likely N-dealkylation sites (tertiary alicyclic amines) is 1. The Labute approximate surface area is 259 Å². The lowest BCUT2D eigenvalue weighted by molar-refractivity contribution is -0.145. The first kappa shape index (κ1) is 30.5. The number of nitrogens with zero attached hydrogens (tertiary/aromatic N) is 3. The van der Waals surface area contributed by atoms with Crippen molar-refractivity contribution in [2.45, 2.75) is 42.5 Å². The molecule has 3 heterocycles. The van der Waals surface area contributed by atoms with Gasteiger partial charge in [-0.25, -0.2) is 0 Å². The first-order valence-electron chi connectivity index (χ1n) is 14.0. The van der Waals surface area contributed by atoms with E-state index in [-0.39, 0.29) is 36.3 Å². The Balaban J connectivity index is 1.56. The number of β-amino-alcohol motifs (C(OH)–C–C–N with tert-alkyl or cyclic N) is 1. The second-order valence-corrected chi connectivity index (χ2v) is 12.6. The maximum atomic E-state index is 14.6. The van der Waals surface area contributed by atoms with Gasteiger partial charge in [-0.3, -0.25) is 14.4 Å². The number of alkyl halides is 1. The molecule has 2 aromatic rings. The number of amides is 3. The van der Waals surface area contributed by atoms with E-state index in [1.807, 2.05) is 43.3 Å². The number of hydrogen-bond acceptors (Lipinski definition) is 5. The molecule has 6 atom stereocenters. The molecule has 0 radical (unpaired) electrons. The van der Waals surface area contributed by atoms with Gasteiger partial charge in [-0.2, -0.15) is 0 Å². The Hall–Kier alpha value is -2.98. The first-order valence-corrected chi connectivity index (χ1v) is 15.3. The van der Waals surface area contributed by atoms with Crippen molar-refractivity contribution < 1.29 is 24.2 Å². The summed E-state index contributed by atoms with van der Waals surface area (Å²) in [5.41, 5.74) is 0.999. The van der Waals surface area contributed by atoms with E-state index in [9.17, 15) is 19.5 Å². The van der Waals surface area contributed by atoms with Crippen molar-refractivity contribution in [3.8, 4) is 0 Å². The van der Waals surface area contributed by atoms with E-state index in [0.29, 0.717) is 30.2 Å². The molecule has 0 aliphatic carbocycles. The fraction of sp³-hybridized carbons (Fsp3) is 0.406. The van der Waals surface area contributed by atoms with Gasteiger partial charge < -0.3 is 24.5 Å². The number of carbonyl (C=O) groups excluding carboxylic acids is 3. The monoisotopic (exact) mass is 655 g/mol. The molecular weight excluding hydrogens is 622 g/mol. The van der Waals surface area contributed by atoms with Gasteiger partial charge in [0.2, 0.25) is 11.8 Å². The highest BCUT2D eigenvalue weighted by atomic mass is 79.9.